The number of imide groups is 1. The number of ether oxygens (including phenoxy) is 1. The molecule has 3 fully saturated rings. The van der Waals surface area contributed by atoms with Crippen LogP contribution in [0, 0.1) is 0 Å². The molecule has 2 aromatic carbocycles. The van der Waals surface area contributed by atoms with Gasteiger partial charge >= 0.3 is 0 Å². The molecular weight excluding hydrogens is 442 g/mol. The largest absolute Gasteiger partial charge is 0.489 e. The molecule has 0 aromatic heterocycles. The molecule has 7 nitrogen and oxygen atoms in total. The first kappa shape index (κ1) is 22.3. The Bertz CT molecular complexity index is 1150. The van der Waals surface area contributed by atoms with Gasteiger partial charge in [0.05, 0.1) is 0 Å². The summed E-state index contributed by atoms with van der Waals surface area (Å²) in [6.07, 6.45) is 6.49. The van der Waals surface area contributed by atoms with Gasteiger partial charge in [-0.15, -0.1) is 0 Å². The average molecular weight is 474 g/mol. The van der Waals surface area contributed by atoms with Crippen LogP contribution in [0.1, 0.15) is 72.5 Å². The Hall–Kier alpha value is -3.19. The highest BCUT2D eigenvalue weighted by atomic mass is 16.5. The van der Waals surface area contributed by atoms with Crippen molar-refractivity contribution in [2.24, 2.45) is 0 Å². The summed E-state index contributed by atoms with van der Waals surface area (Å²) in [7, 11) is 0. The van der Waals surface area contributed by atoms with Crippen molar-refractivity contribution >= 4 is 17.7 Å². The van der Waals surface area contributed by atoms with E-state index in [1.165, 1.54) is 18.4 Å². The molecule has 1 saturated carbocycles. The molecule has 2 aromatic rings. The molecule has 3 heterocycles. The number of carbonyl (C=O) groups is 3. The van der Waals surface area contributed by atoms with Crippen LogP contribution >= 0.6 is 0 Å². The fraction of sp³-hybridized carbons (Fsp3) is 0.464. The van der Waals surface area contributed by atoms with Crippen LogP contribution in [-0.2, 0) is 16.1 Å². The molecule has 2 saturated heterocycles. The third-order valence-electron chi connectivity index (χ3n) is 8.12. The number of nitrogens with one attached hydrogen (secondary N) is 1. The van der Waals surface area contributed by atoms with E-state index in [-0.39, 0.29) is 30.2 Å². The molecule has 7 heteroatoms. The SMILES string of the molecule is O=C1CCC(N2Cc3cc(O[C@H]4CCCC[C@H]4N4CC[C@H]4c4ccccc4)ccc3C2=O)C(=O)N1. The minimum absolute atomic E-state index is 0.122. The van der Waals surface area contributed by atoms with E-state index in [4.69, 9.17) is 4.74 Å². The lowest BCUT2D eigenvalue weighted by atomic mass is 9.85. The van der Waals surface area contributed by atoms with Crippen LogP contribution < -0.4 is 10.1 Å². The van der Waals surface area contributed by atoms with E-state index in [0.29, 0.717) is 30.6 Å². The van der Waals surface area contributed by atoms with Crippen molar-refractivity contribution in [1.29, 1.82) is 0 Å². The maximum absolute atomic E-state index is 13.0. The standard InChI is InChI=1S/C28H31N3O4/c32-26-13-12-24(27(33)29-26)31-17-19-16-20(10-11-21(19)28(31)34)35-25-9-5-4-8-23(25)30-15-14-22(30)18-6-2-1-3-7-18/h1-3,6-7,10-11,16,22-25H,4-5,8-9,12-15,17H2,(H,29,32,33)/t22-,23+,24?,25-/m0/s1. The maximum Gasteiger partial charge on any atom is 0.255 e. The van der Waals surface area contributed by atoms with E-state index in [1.807, 2.05) is 18.2 Å². The third-order valence-corrected chi connectivity index (χ3v) is 8.12. The highest BCUT2D eigenvalue weighted by Gasteiger charge is 2.42. The summed E-state index contributed by atoms with van der Waals surface area (Å²) in [5.74, 6) is -0.0190. The van der Waals surface area contributed by atoms with Crippen LogP contribution in [0.4, 0.5) is 0 Å². The molecular formula is C28H31N3O4. The number of carbonyl (C=O) groups excluding carboxylic acids is 3. The van der Waals surface area contributed by atoms with Gasteiger partial charge in [-0.1, -0.05) is 36.8 Å². The zero-order valence-corrected chi connectivity index (χ0v) is 19.8. The van der Waals surface area contributed by atoms with Gasteiger partial charge in [0.2, 0.25) is 11.8 Å². The Morgan fingerprint density at radius 3 is 2.49 bits per heavy atom. The first-order valence-electron chi connectivity index (χ1n) is 12.8. The minimum Gasteiger partial charge on any atom is -0.489 e. The fourth-order valence-corrected chi connectivity index (χ4v) is 6.23. The van der Waals surface area contributed by atoms with Crippen LogP contribution in [-0.4, -0.2) is 52.3 Å². The normalized spacial score (nSPS) is 28.9. The molecule has 1 aliphatic carbocycles. The van der Waals surface area contributed by atoms with Gasteiger partial charge in [0.1, 0.15) is 17.9 Å². The smallest absolute Gasteiger partial charge is 0.255 e. The molecule has 4 atom stereocenters. The van der Waals surface area contributed by atoms with Gasteiger partial charge in [-0.05, 0) is 61.4 Å². The summed E-state index contributed by atoms with van der Waals surface area (Å²) in [6, 6.07) is 16.7. The summed E-state index contributed by atoms with van der Waals surface area (Å²) in [4.78, 5) is 41.0. The highest BCUT2D eigenvalue weighted by Crippen LogP contribution is 2.40. The number of rotatable bonds is 5. The molecule has 1 N–H and O–H groups in total. The molecule has 0 radical (unpaired) electrons. The summed E-state index contributed by atoms with van der Waals surface area (Å²) in [6.45, 7) is 1.47. The minimum atomic E-state index is -0.596. The second-order valence-electron chi connectivity index (χ2n) is 10.2. The van der Waals surface area contributed by atoms with Crippen LogP contribution in [0.5, 0.6) is 5.75 Å². The number of piperidine rings is 1. The fourth-order valence-electron chi connectivity index (χ4n) is 6.23. The van der Waals surface area contributed by atoms with Crippen molar-refractivity contribution in [3.05, 3.63) is 65.2 Å². The van der Waals surface area contributed by atoms with E-state index in [2.05, 4.69) is 40.5 Å². The molecule has 0 bridgehead atoms. The summed E-state index contributed by atoms with van der Waals surface area (Å²) in [5.41, 5.74) is 2.89. The van der Waals surface area contributed by atoms with Crippen molar-refractivity contribution in [2.75, 3.05) is 6.54 Å². The molecule has 35 heavy (non-hydrogen) atoms. The highest BCUT2D eigenvalue weighted by molar-refractivity contribution is 6.05. The Labute approximate surface area is 205 Å². The second-order valence-corrected chi connectivity index (χ2v) is 10.2. The topological polar surface area (TPSA) is 79.0 Å². The lowest BCUT2D eigenvalue weighted by Crippen LogP contribution is -2.55. The average Bonchev–Trinajstić information content (AvgIpc) is 3.16. The lowest BCUT2D eigenvalue weighted by molar-refractivity contribution is -0.136. The Balaban J connectivity index is 1.17. The number of fused-ring (bicyclic) bond motifs is 1. The Morgan fingerprint density at radius 2 is 1.71 bits per heavy atom. The summed E-state index contributed by atoms with van der Waals surface area (Å²) < 4.78 is 6.59. The molecule has 3 amide bonds. The number of benzene rings is 2. The third kappa shape index (κ3) is 4.12. The van der Waals surface area contributed by atoms with Gasteiger partial charge in [-0.25, -0.2) is 0 Å². The predicted molar refractivity (Wildman–Crippen MR) is 130 cm³/mol. The van der Waals surface area contributed by atoms with E-state index in [1.54, 1.807) is 4.90 Å². The maximum atomic E-state index is 13.0. The Kier molecular flexibility index (Phi) is 5.80. The van der Waals surface area contributed by atoms with Gasteiger partial charge in [0.25, 0.3) is 5.91 Å². The number of likely N-dealkylation sites (tertiary alicyclic amines) is 1. The van der Waals surface area contributed by atoms with Crippen molar-refractivity contribution in [1.82, 2.24) is 15.1 Å². The van der Waals surface area contributed by atoms with Gasteiger partial charge in [0, 0.05) is 37.2 Å². The van der Waals surface area contributed by atoms with E-state index >= 15 is 0 Å². The molecule has 1 unspecified atom stereocenters. The van der Waals surface area contributed by atoms with E-state index in [0.717, 1.165) is 37.1 Å². The number of hydrogen-bond donors (Lipinski definition) is 1. The van der Waals surface area contributed by atoms with Gasteiger partial charge in [0.15, 0.2) is 0 Å². The van der Waals surface area contributed by atoms with Crippen molar-refractivity contribution in [3.63, 3.8) is 0 Å². The van der Waals surface area contributed by atoms with Gasteiger partial charge in [-0.2, -0.15) is 0 Å². The monoisotopic (exact) mass is 473 g/mol. The van der Waals surface area contributed by atoms with Crippen LogP contribution in [0.15, 0.2) is 48.5 Å². The molecule has 4 aliphatic rings. The van der Waals surface area contributed by atoms with Crippen molar-refractivity contribution < 1.29 is 19.1 Å². The van der Waals surface area contributed by atoms with Gasteiger partial charge < -0.3 is 9.64 Å². The van der Waals surface area contributed by atoms with Crippen LogP contribution in [0.2, 0.25) is 0 Å². The number of nitrogens with zero attached hydrogens (tertiary/aromatic N) is 2. The zero-order chi connectivity index (χ0) is 23.9. The summed E-state index contributed by atoms with van der Waals surface area (Å²) >= 11 is 0. The predicted octanol–water partition coefficient (Wildman–Crippen LogP) is 3.58. The summed E-state index contributed by atoms with van der Waals surface area (Å²) in [5, 5.41) is 2.36. The molecule has 3 aliphatic heterocycles. The first-order valence-corrected chi connectivity index (χ1v) is 12.8. The first-order chi connectivity index (χ1) is 17.1. The van der Waals surface area contributed by atoms with Crippen LogP contribution in [0.25, 0.3) is 0 Å². The van der Waals surface area contributed by atoms with E-state index < -0.39 is 6.04 Å². The zero-order valence-electron chi connectivity index (χ0n) is 19.8. The van der Waals surface area contributed by atoms with E-state index in [9.17, 15) is 14.4 Å². The van der Waals surface area contributed by atoms with Gasteiger partial charge in [-0.3, -0.25) is 24.6 Å². The molecule has 0 spiro atoms. The van der Waals surface area contributed by atoms with Crippen molar-refractivity contribution in [3.8, 4) is 5.75 Å². The second kappa shape index (κ2) is 9.11. The number of amides is 3. The van der Waals surface area contributed by atoms with Crippen LogP contribution in [0.3, 0.4) is 0 Å². The Morgan fingerprint density at radius 1 is 0.886 bits per heavy atom. The molecule has 6 rings (SSSR count). The number of hydrogen-bond acceptors (Lipinski definition) is 5. The quantitative estimate of drug-likeness (QED) is 0.672. The molecule has 182 valence electrons. The lowest BCUT2D eigenvalue weighted by Gasteiger charge is -2.50. The van der Waals surface area contributed by atoms with Crippen molar-refractivity contribution in [2.45, 2.75) is 75.7 Å².